The van der Waals surface area contributed by atoms with Crippen LogP contribution >= 0.6 is 0 Å². The van der Waals surface area contributed by atoms with Crippen LogP contribution in [0.15, 0.2) is 0 Å². The first-order chi connectivity index (χ1) is 14.3. The Morgan fingerprint density at radius 1 is 0.581 bits per heavy atom. The van der Waals surface area contributed by atoms with Gasteiger partial charge in [-0.1, -0.05) is 132 Å². The third-order valence-corrected chi connectivity index (χ3v) is 7.35. The minimum atomic E-state index is -3.19. The molecule has 0 saturated heterocycles. The molecular formula is C27H57NO2S. The average molecular weight is 460 g/mol. The van der Waals surface area contributed by atoms with Crippen molar-refractivity contribution >= 4 is 10.0 Å². The van der Waals surface area contributed by atoms with Gasteiger partial charge < -0.3 is 0 Å². The summed E-state index contributed by atoms with van der Waals surface area (Å²) in [5, 5.41) is 0. The lowest BCUT2D eigenvalue weighted by molar-refractivity contribution is 0.258. The summed E-state index contributed by atoms with van der Waals surface area (Å²) in [5.41, 5.74) is 0.237. The van der Waals surface area contributed by atoms with E-state index in [-0.39, 0.29) is 22.6 Å². The number of nitrogens with one attached hydrogen (secondary N) is 1. The van der Waals surface area contributed by atoms with Crippen LogP contribution < -0.4 is 4.72 Å². The van der Waals surface area contributed by atoms with Crippen LogP contribution in [-0.2, 0) is 10.0 Å². The molecule has 3 nitrogen and oxygen atoms in total. The zero-order valence-corrected chi connectivity index (χ0v) is 23.1. The standard InChI is InChI=1S/C27H57NO2S/c1-8-9-10-11-12-13-14-15-16-17-18-19-20-21-22-31(29,30)28-25(23-26(2,3)4)24-27(5,6)7/h25,28H,8-24H2,1-7H3. The number of rotatable bonds is 19. The summed E-state index contributed by atoms with van der Waals surface area (Å²) < 4.78 is 28.3. The number of hydrogen-bond donors (Lipinski definition) is 1. The van der Waals surface area contributed by atoms with Crippen LogP contribution in [0.5, 0.6) is 0 Å². The summed E-state index contributed by atoms with van der Waals surface area (Å²) in [6.45, 7) is 15.4. The smallest absolute Gasteiger partial charge is 0.211 e. The molecule has 0 aliphatic rings. The van der Waals surface area contributed by atoms with Gasteiger partial charge in [0.2, 0.25) is 10.0 Å². The fourth-order valence-corrected chi connectivity index (χ4v) is 5.81. The second-order valence-corrected chi connectivity index (χ2v) is 14.1. The van der Waals surface area contributed by atoms with E-state index >= 15 is 0 Å². The lowest BCUT2D eigenvalue weighted by atomic mass is 9.81. The van der Waals surface area contributed by atoms with Crippen molar-refractivity contribution in [1.82, 2.24) is 4.72 Å². The summed E-state index contributed by atoms with van der Waals surface area (Å²) in [6, 6.07) is 0.0247. The molecule has 0 aliphatic heterocycles. The summed E-state index contributed by atoms with van der Waals surface area (Å²) in [4.78, 5) is 0. The van der Waals surface area contributed by atoms with E-state index in [0.717, 1.165) is 25.7 Å². The van der Waals surface area contributed by atoms with Crippen molar-refractivity contribution in [3.05, 3.63) is 0 Å². The number of unbranched alkanes of at least 4 members (excludes halogenated alkanes) is 13. The Hall–Kier alpha value is -0.0900. The van der Waals surface area contributed by atoms with Gasteiger partial charge in [-0.3, -0.25) is 0 Å². The lowest BCUT2D eigenvalue weighted by Gasteiger charge is -2.31. The van der Waals surface area contributed by atoms with Crippen molar-refractivity contribution in [2.24, 2.45) is 10.8 Å². The van der Waals surface area contributed by atoms with Crippen LogP contribution in [-0.4, -0.2) is 20.2 Å². The predicted octanol–water partition coefficient (Wildman–Crippen LogP) is 8.63. The monoisotopic (exact) mass is 459 g/mol. The Labute approximate surface area is 197 Å². The highest BCUT2D eigenvalue weighted by Crippen LogP contribution is 2.29. The number of sulfonamides is 1. The first-order valence-corrected chi connectivity index (χ1v) is 15.0. The van der Waals surface area contributed by atoms with Crippen molar-refractivity contribution in [1.29, 1.82) is 0 Å². The molecule has 0 aromatic rings. The highest BCUT2D eigenvalue weighted by Gasteiger charge is 2.27. The van der Waals surface area contributed by atoms with Crippen molar-refractivity contribution in [2.45, 2.75) is 157 Å². The second kappa shape index (κ2) is 16.5. The maximum Gasteiger partial charge on any atom is 0.211 e. The third kappa shape index (κ3) is 22.9. The molecule has 0 atom stereocenters. The normalized spacial score (nSPS) is 13.3. The van der Waals surface area contributed by atoms with Gasteiger partial charge in [-0.25, -0.2) is 13.1 Å². The van der Waals surface area contributed by atoms with Crippen LogP contribution in [0, 0.1) is 10.8 Å². The van der Waals surface area contributed by atoms with Gasteiger partial charge in [-0.2, -0.15) is 0 Å². The molecule has 0 spiro atoms. The highest BCUT2D eigenvalue weighted by atomic mass is 32.2. The Kier molecular flexibility index (Phi) is 16.5. The zero-order valence-electron chi connectivity index (χ0n) is 22.3. The van der Waals surface area contributed by atoms with Gasteiger partial charge in [0.25, 0.3) is 0 Å². The minimum Gasteiger partial charge on any atom is -0.212 e. The van der Waals surface area contributed by atoms with Gasteiger partial charge in [-0.15, -0.1) is 0 Å². The molecule has 0 unspecified atom stereocenters. The molecule has 0 amide bonds. The maximum absolute atomic E-state index is 12.6. The molecule has 4 heteroatoms. The van der Waals surface area contributed by atoms with E-state index in [1.807, 2.05) is 0 Å². The van der Waals surface area contributed by atoms with E-state index in [2.05, 4.69) is 53.2 Å². The second-order valence-electron chi connectivity index (χ2n) is 12.3. The molecule has 0 aromatic heterocycles. The van der Waals surface area contributed by atoms with Crippen LogP contribution in [0.2, 0.25) is 0 Å². The Morgan fingerprint density at radius 3 is 1.23 bits per heavy atom. The largest absolute Gasteiger partial charge is 0.212 e. The van der Waals surface area contributed by atoms with Crippen molar-refractivity contribution in [2.75, 3.05) is 5.75 Å². The Bertz CT molecular complexity index is 498. The topological polar surface area (TPSA) is 46.2 Å². The van der Waals surface area contributed by atoms with Crippen LogP contribution in [0.4, 0.5) is 0 Å². The van der Waals surface area contributed by atoms with E-state index in [0.29, 0.717) is 0 Å². The highest BCUT2D eigenvalue weighted by molar-refractivity contribution is 7.89. The van der Waals surface area contributed by atoms with Crippen molar-refractivity contribution < 1.29 is 8.42 Å². The van der Waals surface area contributed by atoms with Crippen LogP contribution in [0.25, 0.3) is 0 Å². The lowest BCUT2D eigenvalue weighted by Crippen LogP contribution is -2.41. The van der Waals surface area contributed by atoms with Crippen LogP contribution in [0.1, 0.15) is 151 Å². The zero-order chi connectivity index (χ0) is 23.8. The van der Waals surface area contributed by atoms with Crippen molar-refractivity contribution in [3.8, 4) is 0 Å². The fraction of sp³-hybridized carbons (Fsp3) is 1.00. The molecule has 0 radical (unpaired) electrons. The third-order valence-electron chi connectivity index (χ3n) is 5.83. The summed E-state index contributed by atoms with van der Waals surface area (Å²) >= 11 is 0. The molecule has 0 bridgehead atoms. The Balaban J connectivity index is 3.89. The molecule has 0 heterocycles. The van der Waals surface area contributed by atoms with Gasteiger partial charge in [-0.05, 0) is 30.1 Å². The Morgan fingerprint density at radius 2 is 0.903 bits per heavy atom. The minimum absolute atomic E-state index is 0.0247. The molecule has 0 saturated carbocycles. The van der Waals surface area contributed by atoms with E-state index in [9.17, 15) is 8.42 Å². The molecule has 0 fully saturated rings. The summed E-state index contributed by atoms with van der Waals surface area (Å²) in [5.74, 6) is 0.274. The molecule has 0 aliphatic carbocycles. The fourth-order valence-electron chi connectivity index (χ4n) is 4.43. The number of hydrogen-bond acceptors (Lipinski definition) is 2. The molecule has 188 valence electrons. The van der Waals surface area contributed by atoms with Crippen molar-refractivity contribution in [3.63, 3.8) is 0 Å². The molecule has 31 heavy (non-hydrogen) atoms. The average Bonchev–Trinajstić information content (AvgIpc) is 2.58. The quantitative estimate of drug-likeness (QED) is 0.196. The van der Waals surface area contributed by atoms with Gasteiger partial charge >= 0.3 is 0 Å². The van der Waals surface area contributed by atoms with Gasteiger partial charge in [0.1, 0.15) is 0 Å². The van der Waals surface area contributed by atoms with E-state index in [1.165, 1.54) is 77.0 Å². The molecule has 1 N–H and O–H groups in total. The van der Waals surface area contributed by atoms with E-state index in [4.69, 9.17) is 0 Å². The molecule has 0 aromatic carbocycles. The van der Waals surface area contributed by atoms with Crippen LogP contribution in [0.3, 0.4) is 0 Å². The van der Waals surface area contributed by atoms with E-state index in [1.54, 1.807) is 0 Å². The van der Waals surface area contributed by atoms with Gasteiger partial charge in [0.15, 0.2) is 0 Å². The predicted molar refractivity (Wildman–Crippen MR) is 139 cm³/mol. The first-order valence-electron chi connectivity index (χ1n) is 13.3. The summed E-state index contributed by atoms with van der Waals surface area (Å²) in [6.07, 6.45) is 19.8. The summed E-state index contributed by atoms with van der Waals surface area (Å²) in [7, 11) is -3.19. The maximum atomic E-state index is 12.6. The first kappa shape index (κ1) is 30.9. The van der Waals surface area contributed by atoms with E-state index < -0.39 is 10.0 Å². The molecule has 0 rings (SSSR count). The van der Waals surface area contributed by atoms with Gasteiger partial charge in [0.05, 0.1) is 5.75 Å². The molecular weight excluding hydrogens is 402 g/mol. The SMILES string of the molecule is CCCCCCCCCCCCCCCCS(=O)(=O)NC(CC(C)(C)C)CC(C)(C)C. The van der Waals surface area contributed by atoms with Gasteiger partial charge in [0, 0.05) is 6.04 Å².